The van der Waals surface area contributed by atoms with Crippen molar-refractivity contribution in [2.24, 2.45) is 0 Å². The third kappa shape index (κ3) is 8.78. The number of carbonyl (C=O) groups is 2. The molecular formula is C37H33F2N11O11P2S. The monoisotopic (exact) mass is 939 g/mol. The van der Waals surface area contributed by atoms with E-state index in [1.54, 1.807) is 60.7 Å². The van der Waals surface area contributed by atoms with E-state index in [-0.39, 0.29) is 40.5 Å². The molecule has 2 amide bonds. The molecule has 2 aromatic carbocycles. The van der Waals surface area contributed by atoms with Gasteiger partial charge in [-0.25, -0.2) is 49.8 Å². The molecule has 3 N–H and O–H groups in total. The average molecular weight is 940 g/mol. The predicted molar refractivity (Wildman–Crippen MR) is 220 cm³/mol. The van der Waals surface area contributed by atoms with E-state index in [9.17, 15) is 19.0 Å². The highest BCUT2D eigenvalue weighted by atomic mass is 32.5. The Balaban J connectivity index is 0.975. The molecule has 10 atom stereocenters. The molecule has 9 rings (SSSR count). The lowest BCUT2D eigenvalue weighted by Gasteiger charge is -2.29. The van der Waals surface area contributed by atoms with Gasteiger partial charge in [0.1, 0.15) is 43.7 Å². The van der Waals surface area contributed by atoms with E-state index in [2.05, 4.69) is 45.4 Å². The smallest absolute Gasteiger partial charge is 0.346 e. The predicted octanol–water partition coefficient (Wildman–Crippen LogP) is 4.72. The summed E-state index contributed by atoms with van der Waals surface area (Å²) in [6, 6.07) is 16.6. The molecule has 0 aliphatic carbocycles. The van der Waals surface area contributed by atoms with Crippen LogP contribution >= 0.6 is 14.5 Å². The lowest BCUT2D eigenvalue weighted by molar-refractivity contribution is -0.0645. The largest absolute Gasteiger partial charge is 0.475 e. The summed E-state index contributed by atoms with van der Waals surface area (Å²) in [7, 11) is -4.91. The second-order valence-corrected chi connectivity index (χ2v) is 18.5. The van der Waals surface area contributed by atoms with E-state index < -0.39 is 95.4 Å². The number of anilines is 2. The fourth-order valence-corrected chi connectivity index (χ4v) is 9.93. The van der Waals surface area contributed by atoms with Crippen molar-refractivity contribution in [2.45, 2.75) is 49.2 Å². The molecule has 4 aromatic heterocycles. The third-order valence-corrected chi connectivity index (χ3v) is 13.1. The Bertz CT molecular complexity index is 2850. The molecule has 7 heterocycles. The zero-order valence-corrected chi connectivity index (χ0v) is 35.2. The number of alkyl halides is 2. The van der Waals surface area contributed by atoms with Crippen molar-refractivity contribution < 1.29 is 59.9 Å². The highest BCUT2D eigenvalue weighted by Crippen LogP contribution is 2.57. The van der Waals surface area contributed by atoms with Gasteiger partial charge in [0.2, 0.25) is 6.54 Å². The van der Waals surface area contributed by atoms with Crippen LogP contribution in [0.15, 0.2) is 86.0 Å². The Labute approximate surface area is 364 Å². The minimum absolute atomic E-state index is 0.00839. The Hall–Kier alpha value is -5.61. The van der Waals surface area contributed by atoms with Crippen LogP contribution in [-0.4, -0.2) is 119 Å². The Morgan fingerprint density at radius 3 is 1.77 bits per heavy atom. The zero-order valence-electron chi connectivity index (χ0n) is 32.6. The van der Waals surface area contributed by atoms with E-state index in [0.29, 0.717) is 11.1 Å². The zero-order chi connectivity index (χ0) is 44.6. The van der Waals surface area contributed by atoms with Crippen LogP contribution in [0.2, 0.25) is 0 Å². The van der Waals surface area contributed by atoms with Gasteiger partial charge in [0.15, 0.2) is 58.8 Å². The second-order valence-electron chi connectivity index (χ2n) is 14.1. The highest BCUT2D eigenvalue weighted by Gasteiger charge is 2.55. The molecule has 332 valence electrons. The standard InChI is InChI=1S/C37H33F2N11O11P2S/c1-40-12-13-55-62(53)56-14-22-29(25(39)37(58-22)50-19-46-27-31(42-17-44-33(27)50)48-35(52)21-10-6-3-7-11-21)61-63(54,64)57-15-23-28(60-62)24(38)36(59-23)49-18-45-26-30(41-16-43-32(26)49)47-34(51)20-8-4-2-5-9-20/h2-11,16-19,22-25,28-29,36-37H,12-15H2,(H,54,64)(H,41,43,47,51)(H,42,44,48,52)/t22-,23-,24-,25-,28-,29-,36-,37-,62?,63?/m1/s1. The molecule has 27 heteroatoms. The fourth-order valence-electron chi connectivity index (χ4n) is 7.12. The normalized spacial score (nSPS) is 29.5. The van der Waals surface area contributed by atoms with Gasteiger partial charge >= 0.3 is 14.5 Å². The number of halogens is 2. The van der Waals surface area contributed by atoms with Gasteiger partial charge in [-0.1, -0.05) is 36.4 Å². The molecule has 6 aromatic rings. The Morgan fingerprint density at radius 1 is 0.781 bits per heavy atom. The number of phosphoric acid groups is 1. The average Bonchev–Trinajstić information content (AvgIpc) is 4.07. The van der Waals surface area contributed by atoms with E-state index in [4.69, 9.17) is 50.5 Å². The van der Waals surface area contributed by atoms with Crippen LogP contribution in [-0.2, 0) is 48.5 Å². The number of hydrogen-bond acceptors (Lipinski definition) is 17. The highest BCUT2D eigenvalue weighted by molar-refractivity contribution is 8.07. The van der Waals surface area contributed by atoms with Crippen molar-refractivity contribution >= 4 is 72.1 Å². The summed E-state index contributed by atoms with van der Waals surface area (Å²) in [6.45, 7) is 0.373. The van der Waals surface area contributed by atoms with Crippen molar-refractivity contribution in [3.8, 4) is 0 Å². The number of hydrogen-bond donors (Lipinski definition) is 3. The van der Waals surface area contributed by atoms with Crippen molar-refractivity contribution in [2.75, 3.05) is 37.0 Å². The minimum Gasteiger partial charge on any atom is -0.346 e. The fraction of sp³-hybridized carbons (Fsp3) is 0.324. The first-order chi connectivity index (χ1) is 30.9. The second kappa shape index (κ2) is 18.1. The number of fused-ring (bicyclic) bond motifs is 4. The van der Waals surface area contributed by atoms with Gasteiger partial charge in [-0.15, -0.1) is 0 Å². The van der Waals surface area contributed by atoms with Gasteiger partial charge in [0, 0.05) is 11.1 Å². The summed E-state index contributed by atoms with van der Waals surface area (Å²) in [5.41, 5.74) is 0.862. The topological polar surface area (TPSA) is 252 Å². The van der Waals surface area contributed by atoms with Gasteiger partial charge < -0.3 is 34.4 Å². The van der Waals surface area contributed by atoms with Crippen LogP contribution in [0.25, 0.3) is 27.2 Å². The van der Waals surface area contributed by atoms with Gasteiger partial charge in [-0.05, 0) is 36.1 Å². The van der Waals surface area contributed by atoms with Crippen molar-refractivity contribution in [3.63, 3.8) is 0 Å². The van der Waals surface area contributed by atoms with Crippen molar-refractivity contribution in [3.05, 3.63) is 109 Å². The van der Waals surface area contributed by atoms with Gasteiger partial charge in [-0.2, -0.15) is 0 Å². The Morgan fingerprint density at radius 2 is 1.27 bits per heavy atom. The summed E-state index contributed by atoms with van der Waals surface area (Å²) in [5, 5.41) is 5.32. The van der Waals surface area contributed by atoms with E-state index in [1.165, 1.54) is 21.8 Å². The number of carbonyl (C=O) groups excluding carboxylic acids is 2. The van der Waals surface area contributed by atoms with Crippen LogP contribution in [0.5, 0.6) is 0 Å². The third-order valence-electron chi connectivity index (χ3n) is 10.1. The van der Waals surface area contributed by atoms with Gasteiger partial charge in [0.05, 0.1) is 25.9 Å². The summed E-state index contributed by atoms with van der Waals surface area (Å²) in [5.74, 6) is -0.969. The van der Waals surface area contributed by atoms with E-state index >= 15 is 8.78 Å². The number of aromatic nitrogens is 8. The molecule has 3 fully saturated rings. The van der Waals surface area contributed by atoms with Gasteiger partial charge in [0.25, 0.3) is 11.8 Å². The number of rotatable bonds is 9. The van der Waals surface area contributed by atoms with Crippen LogP contribution < -0.4 is 10.6 Å². The lowest BCUT2D eigenvalue weighted by atomic mass is 10.1. The van der Waals surface area contributed by atoms with E-state index in [0.717, 1.165) is 12.7 Å². The molecule has 3 aliphatic heterocycles. The Kier molecular flexibility index (Phi) is 12.3. The molecule has 0 bridgehead atoms. The summed E-state index contributed by atoms with van der Waals surface area (Å²) in [4.78, 5) is 65.6. The SMILES string of the molecule is [C-]#[N+]CCOP1(=O)OC[C@H]2O[C@@H](n3cnc4c(NC(=O)c5ccccc5)ncnc43)[C@H](F)[C@@H]2OP(O)(=S)OC[C@H]2O[C@@H](n3cnc4c(NC(=O)c5ccccc5)ncnc43)[C@H](F)[C@@H]2O1. The first kappa shape index (κ1) is 43.6. The van der Waals surface area contributed by atoms with Crippen LogP contribution in [0, 0.1) is 6.57 Å². The molecule has 3 saturated heterocycles. The quantitative estimate of drug-likeness (QED) is 0.101. The van der Waals surface area contributed by atoms with Crippen LogP contribution in [0.1, 0.15) is 33.2 Å². The maximum atomic E-state index is 16.8. The summed E-state index contributed by atoms with van der Waals surface area (Å²) < 4.78 is 90.6. The number of phosphoric ester groups is 1. The maximum Gasteiger partial charge on any atom is 0.475 e. The summed E-state index contributed by atoms with van der Waals surface area (Å²) in [6.07, 6.45) is -9.61. The van der Waals surface area contributed by atoms with Crippen LogP contribution in [0.3, 0.4) is 0 Å². The molecule has 0 radical (unpaired) electrons. The maximum absolute atomic E-state index is 16.8. The molecule has 3 aliphatic rings. The summed E-state index contributed by atoms with van der Waals surface area (Å²) >= 11 is 5.29. The van der Waals surface area contributed by atoms with Crippen LogP contribution in [0.4, 0.5) is 20.4 Å². The molecule has 0 saturated carbocycles. The number of benzene rings is 2. The lowest BCUT2D eigenvalue weighted by Crippen LogP contribution is -2.37. The number of nitrogens with zero attached hydrogens (tertiary/aromatic N) is 9. The molecule has 0 spiro atoms. The number of amides is 2. The first-order valence-corrected chi connectivity index (χ1v) is 23.2. The molecule has 22 nitrogen and oxygen atoms in total. The minimum atomic E-state index is -4.91. The number of nitrogens with one attached hydrogen (secondary N) is 2. The molecule has 2 unspecified atom stereocenters. The molecular weight excluding hydrogens is 906 g/mol. The van der Waals surface area contributed by atoms with E-state index in [1.807, 2.05) is 0 Å². The molecule has 64 heavy (non-hydrogen) atoms. The van der Waals surface area contributed by atoms with Gasteiger partial charge in [-0.3, -0.25) is 36.8 Å². The van der Waals surface area contributed by atoms with Crippen molar-refractivity contribution in [1.29, 1.82) is 0 Å². The van der Waals surface area contributed by atoms with Crippen molar-refractivity contribution in [1.82, 2.24) is 39.0 Å². The first-order valence-electron chi connectivity index (χ1n) is 19.2. The number of ether oxygens (including phenoxy) is 2. The number of imidazole rings is 2.